The Balaban J connectivity index is 1.62. The van der Waals surface area contributed by atoms with Crippen LogP contribution in [-0.2, 0) is 16.0 Å². The molecule has 4 nitrogen and oxygen atoms in total. The van der Waals surface area contributed by atoms with Crippen LogP contribution in [0.2, 0.25) is 0 Å². The van der Waals surface area contributed by atoms with Crippen LogP contribution in [0.4, 0.5) is 0 Å². The molecular formula is C16H25NO3. The summed E-state index contributed by atoms with van der Waals surface area (Å²) in [5.74, 6) is 0.893. The molecule has 1 unspecified atom stereocenters. The molecule has 0 saturated carbocycles. The van der Waals surface area contributed by atoms with Crippen molar-refractivity contribution in [2.24, 2.45) is 0 Å². The van der Waals surface area contributed by atoms with Crippen LogP contribution >= 0.6 is 0 Å². The van der Waals surface area contributed by atoms with Crippen LogP contribution < -0.4 is 10.1 Å². The molecule has 112 valence electrons. The van der Waals surface area contributed by atoms with Gasteiger partial charge in [0, 0.05) is 19.2 Å². The lowest BCUT2D eigenvalue weighted by Gasteiger charge is -2.11. The summed E-state index contributed by atoms with van der Waals surface area (Å²) in [7, 11) is 0. The molecule has 0 radical (unpaired) electrons. The first-order chi connectivity index (χ1) is 9.74. The van der Waals surface area contributed by atoms with E-state index in [1.807, 2.05) is 12.1 Å². The van der Waals surface area contributed by atoms with Gasteiger partial charge < -0.3 is 19.5 Å². The van der Waals surface area contributed by atoms with Gasteiger partial charge in [-0.25, -0.2) is 0 Å². The van der Waals surface area contributed by atoms with Gasteiger partial charge >= 0.3 is 0 Å². The lowest BCUT2D eigenvalue weighted by molar-refractivity contribution is 0.0265. The Hall–Kier alpha value is -1.10. The van der Waals surface area contributed by atoms with E-state index in [1.165, 1.54) is 5.56 Å². The molecule has 0 bridgehead atoms. The monoisotopic (exact) mass is 279 g/mol. The Bertz CT molecular complexity index is 372. The average molecular weight is 279 g/mol. The average Bonchev–Trinajstić information content (AvgIpc) is 2.96. The summed E-state index contributed by atoms with van der Waals surface area (Å²) < 4.78 is 16.6. The fourth-order valence-corrected chi connectivity index (χ4v) is 2.04. The zero-order valence-corrected chi connectivity index (χ0v) is 12.4. The third-order valence-corrected chi connectivity index (χ3v) is 3.23. The number of hydrogen-bond donors (Lipinski definition) is 1. The number of nitrogens with one attached hydrogen (secondary N) is 1. The van der Waals surface area contributed by atoms with E-state index in [0.29, 0.717) is 19.3 Å². The highest BCUT2D eigenvalue weighted by molar-refractivity contribution is 5.27. The third kappa shape index (κ3) is 5.49. The van der Waals surface area contributed by atoms with Gasteiger partial charge in [-0.05, 0) is 24.1 Å². The maximum Gasteiger partial charge on any atom is 0.119 e. The van der Waals surface area contributed by atoms with E-state index >= 15 is 0 Å². The smallest absolute Gasteiger partial charge is 0.119 e. The second kappa shape index (κ2) is 8.25. The van der Waals surface area contributed by atoms with Crippen molar-refractivity contribution in [3.05, 3.63) is 29.8 Å². The maximum atomic E-state index is 5.66. The zero-order chi connectivity index (χ0) is 14.2. The summed E-state index contributed by atoms with van der Waals surface area (Å²) in [5.41, 5.74) is 1.27. The van der Waals surface area contributed by atoms with E-state index in [9.17, 15) is 0 Å². The molecule has 1 aromatic carbocycles. The van der Waals surface area contributed by atoms with E-state index in [0.717, 1.165) is 31.9 Å². The summed E-state index contributed by atoms with van der Waals surface area (Å²) >= 11 is 0. The van der Waals surface area contributed by atoms with Gasteiger partial charge in [-0.2, -0.15) is 0 Å². The summed E-state index contributed by atoms with van der Waals surface area (Å²) in [6, 6.07) is 8.71. The molecule has 0 spiro atoms. The minimum Gasteiger partial charge on any atom is -0.491 e. The Morgan fingerprint density at radius 1 is 1.25 bits per heavy atom. The predicted molar refractivity (Wildman–Crippen MR) is 79.1 cm³/mol. The zero-order valence-electron chi connectivity index (χ0n) is 12.4. The Morgan fingerprint density at radius 2 is 2.05 bits per heavy atom. The van der Waals surface area contributed by atoms with E-state index in [2.05, 4.69) is 31.3 Å². The fraction of sp³-hybridized carbons (Fsp3) is 0.625. The number of hydrogen-bond acceptors (Lipinski definition) is 4. The second-order valence-corrected chi connectivity index (χ2v) is 5.38. The summed E-state index contributed by atoms with van der Waals surface area (Å²) in [5, 5.41) is 3.39. The highest BCUT2D eigenvalue weighted by atomic mass is 16.6. The maximum absolute atomic E-state index is 5.66. The van der Waals surface area contributed by atoms with Gasteiger partial charge in [-0.1, -0.05) is 26.0 Å². The topological polar surface area (TPSA) is 39.7 Å². The third-order valence-electron chi connectivity index (χ3n) is 3.23. The van der Waals surface area contributed by atoms with Crippen LogP contribution in [0.1, 0.15) is 25.8 Å². The van der Waals surface area contributed by atoms with Crippen LogP contribution in [-0.4, -0.2) is 38.6 Å². The fourth-order valence-electron chi connectivity index (χ4n) is 2.04. The van der Waals surface area contributed by atoms with Crippen molar-refractivity contribution in [2.45, 2.75) is 39.0 Å². The van der Waals surface area contributed by atoms with Crippen LogP contribution in [0.15, 0.2) is 24.3 Å². The minimum absolute atomic E-state index is 0.253. The van der Waals surface area contributed by atoms with Crippen LogP contribution in [0, 0.1) is 0 Å². The SMILES string of the molecule is CC(C)NCc1ccc(OCCOC2CCOC2)cc1. The first kappa shape index (κ1) is 15.3. The van der Waals surface area contributed by atoms with Gasteiger partial charge in [0.1, 0.15) is 12.4 Å². The van der Waals surface area contributed by atoms with Crippen molar-refractivity contribution in [1.82, 2.24) is 5.32 Å². The molecule has 1 aliphatic rings. The summed E-state index contributed by atoms with van der Waals surface area (Å²) in [6.07, 6.45) is 1.25. The minimum atomic E-state index is 0.253. The summed E-state index contributed by atoms with van der Waals surface area (Å²) in [4.78, 5) is 0. The molecule has 1 heterocycles. The lowest BCUT2D eigenvalue weighted by Crippen LogP contribution is -2.21. The van der Waals surface area contributed by atoms with Crippen molar-refractivity contribution in [3.8, 4) is 5.75 Å². The van der Waals surface area contributed by atoms with E-state index in [1.54, 1.807) is 0 Å². The molecule has 20 heavy (non-hydrogen) atoms. The molecule has 0 aliphatic carbocycles. The summed E-state index contributed by atoms with van der Waals surface area (Å²) in [6.45, 7) is 7.92. The number of ether oxygens (including phenoxy) is 3. The van der Waals surface area contributed by atoms with E-state index in [-0.39, 0.29) is 6.10 Å². The molecule has 1 aliphatic heterocycles. The van der Waals surface area contributed by atoms with Gasteiger partial charge in [-0.15, -0.1) is 0 Å². The molecule has 2 rings (SSSR count). The standard InChI is InChI=1S/C16H25NO3/c1-13(2)17-11-14-3-5-15(6-4-14)19-9-10-20-16-7-8-18-12-16/h3-6,13,16-17H,7-12H2,1-2H3. The normalized spacial score (nSPS) is 18.6. The van der Waals surface area contributed by atoms with Crippen molar-refractivity contribution < 1.29 is 14.2 Å². The van der Waals surface area contributed by atoms with Gasteiger partial charge in [-0.3, -0.25) is 0 Å². The first-order valence-electron chi connectivity index (χ1n) is 7.38. The molecule has 1 atom stereocenters. The van der Waals surface area contributed by atoms with Crippen molar-refractivity contribution >= 4 is 0 Å². The quantitative estimate of drug-likeness (QED) is 0.742. The molecule has 0 aromatic heterocycles. The molecule has 1 saturated heterocycles. The molecule has 1 N–H and O–H groups in total. The molecule has 0 amide bonds. The predicted octanol–water partition coefficient (Wildman–Crippen LogP) is 2.37. The second-order valence-electron chi connectivity index (χ2n) is 5.38. The van der Waals surface area contributed by atoms with Gasteiger partial charge in [0.25, 0.3) is 0 Å². The number of rotatable bonds is 8. The van der Waals surface area contributed by atoms with Crippen molar-refractivity contribution in [1.29, 1.82) is 0 Å². The van der Waals surface area contributed by atoms with Crippen molar-refractivity contribution in [2.75, 3.05) is 26.4 Å². The van der Waals surface area contributed by atoms with Gasteiger partial charge in [0.05, 0.1) is 19.3 Å². The van der Waals surface area contributed by atoms with Gasteiger partial charge in [0.15, 0.2) is 0 Å². The molecule has 4 heteroatoms. The lowest BCUT2D eigenvalue weighted by atomic mass is 10.2. The van der Waals surface area contributed by atoms with Crippen LogP contribution in [0.5, 0.6) is 5.75 Å². The van der Waals surface area contributed by atoms with Crippen molar-refractivity contribution in [3.63, 3.8) is 0 Å². The molecular weight excluding hydrogens is 254 g/mol. The Morgan fingerprint density at radius 3 is 2.70 bits per heavy atom. The Labute approximate surface area is 121 Å². The first-order valence-corrected chi connectivity index (χ1v) is 7.38. The number of benzene rings is 1. The van der Waals surface area contributed by atoms with Gasteiger partial charge in [0.2, 0.25) is 0 Å². The van der Waals surface area contributed by atoms with Crippen LogP contribution in [0.25, 0.3) is 0 Å². The van der Waals surface area contributed by atoms with Crippen LogP contribution in [0.3, 0.4) is 0 Å². The molecule has 1 aromatic rings. The Kier molecular flexibility index (Phi) is 6.30. The highest BCUT2D eigenvalue weighted by Crippen LogP contribution is 2.13. The highest BCUT2D eigenvalue weighted by Gasteiger charge is 2.15. The van der Waals surface area contributed by atoms with E-state index < -0.39 is 0 Å². The largest absolute Gasteiger partial charge is 0.491 e. The van der Waals surface area contributed by atoms with E-state index in [4.69, 9.17) is 14.2 Å². The molecule has 1 fully saturated rings.